The normalized spacial score (nSPS) is 10.7. The second kappa shape index (κ2) is 9.83. The quantitative estimate of drug-likeness (QED) is 0.664. The van der Waals surface area contributed by atoms with E-state index in [1.165, 1.54) is 0 Å². The van der Waals surface area contributed by atoms with E-state index in [1.807, 2.05) is 6.92 Å². The fourth-order valence-electron chi connectivity index (χ4n) is 1.40. The van der Waals surface area contributed by atoms with Crippen molar-refractivity contribution in [2.45, 2.75) is 25.9 Å². The largest absolute Gasteiger partial charge is 0.465 e. The molecule has 0 saturated carbocycles. The van der Waals surface area contributed by atoms with Crippen LogP contribution in [0.25, 0.3) is 0 Å². The Labute approximate surface area is 136 Å². The number of ether oxygens (including phenoxy) is 1. The zero-order valence-electron chi connectivity index (χ0n) is 12.4. The van der Waals surface area contributed by atoms with Gasteiger partial charge in [-0.25, -0.2) is 4.79 Å². The Hall–Kier alpha value is -1.09. The predicted octanol–water partition coefficient (Wildman–Crippen LogP) is 3.30. The molecule has 0 amide bonds. The number of carbonyl (C=O) groups excluding carboxylic acids is 1. The zero-order chi connectivity index (χ0) is 17.3. The Morgan fingerprint density at radius 2 is 1.91 bits per heavy atom. The summed E-state index contributed by atoms with van der Waals surface area (Å²) >= 11 is 4.93. The first-order valence-electron chi connectivity index (χ1n) is 6.32. The average molecular weight is 357 g/mol. The molecular formula is C13H18F3NO3S2. The number of carbonyl (C=O) groups is 1. The van der Waals surface area contributed by atoms with Crippen LogP contribution in [0.1, 0.15) is 29.9 Å². The number of aromatic nitrogens is 1. The first-order chi connectivity index (χ1) is 10.2. The van der Waals surface area contributed by atoms with Gasteiger partial charge in [-0.1, -0.05) is 13.8 Å². The molecule has 126 valence electrons. The fraction of sp³-hybridized carbons (Fsp3) is 0.538. The van der Waals surface area contributed by atoms with Crippen LogP contribution in [0.3, 0.4) is 0 Å². The predicted molar refractivity (Wildman–Crippen MR) is 84.7 cm³/mol. The van der Waals surface area contributed by atoms with E-state index < -0.39 is 29.0 Å². The maximum Gasteiger partial charge on any atom is 0.431 e. The molecule has 1 rings (SSSR count). The molecule has 0 saturated heterocycles. The van der Waals surface area contributed by atoms with E-state index in [4.69, 9.17) is 0 Å². The van der Waals surface area contributed by atoms with E-state index >= 15 is 0 Å². The Morgan fingerprint density at radius 3 is 2.32 bits per heavy atom. The van der Waals surface area contributed by atoms with Gasteiger partial charge in [-0.05, 0) is 23.6 Å². The van der Waals surface area contributed by atoms with Crippen molar-refractivity contribution >= 4 is 30.4 Å². The number of thiol groups is 1. The van der Waals surface area contributed by atoms with Crippen molar-refractivity contribution in [3.05, 3.63) is 33.7 Å². The lowest BCUT2D eigenvalue weighted by atomic mass is 10.2. The molecule has 0 aliphatic heterocycles. The van der Waals surface area contributed by atoms with E-state index in [0.717, 1.165) is 30.7 Å². The molecule has 0 aliphatic rings. The summed E-state index contributed by atoms with van der Waals surface area (Å²) in [6, 6.07) is 1.55. The van der Waals surface area contributed by atoms with Gasteiger partial charge in [0.15, 0.2) is 0 Å². The van der Waals surface area contributed by atoms with Crippen LogP contribution in [-0.2, 0) is 16.8 Å². The number of alkyl halides is 3. The maximum atomic E-state index is 12.8. The Morgan fingerprint density at radius 1 is 1.36 bits per heavy atom. The molecule has 0 unspecified atom stereocenters. The summed E-state index contributed by atoms with van der Waals surface area (Å²) in [7, 11) is 1.06. The maximum absolute atomic E-state index is 12.8. The van der Waals surface area contributed by atoms with Crippen molar-refractivity contribution in [3.8, 4) is 0 Å². The first kappa shape index (κ1) is 20.9. The van der Waals surface area contributed by atoms with Gasteiger partial charge >= 0.3 is 12.1 Å². The fourth-order valence-corrected chi connectivity index (χ4v) is 2.02. The van der Waals surface area contributed by atoms with E-state index in [-0.39, 0.29) is 5.88 Å². The highest BCUT2D eigenvalue weighted by Crippen LogP contribution is 2.29. The molecule has 22 heavy (non-hydrogen) atoms. The lowest BCUT2D eigenvalue weighted by Gasteiger charge is -2.15. The molecule has 1 heterocycles. The molecule has 0 spiro atoms. The summed E-state index contributed by atoms with van der Waals surface area (Å²) in [5, 5.41) is 0. The van der Waals surface area contributed by atoms with Crippen LogP contribution in [0.15, 0.2) is 16.9 Å². The number of nitrogens with zero attached hydrogens (tertiary/aromatic N) is 1. The summed E-state index contributed by atoms with van der Waals surface area (Å²) < 4.78 is 43.3. The summed E-state index contributed by atoms with van der Waals surface area (Å²) in [4.78, 5) is 23.2. The average Bonchev–Trinajstić information content (AvgIpc) is 2.44. The first-order valence-corrected chi connectivity index (χ1v) is 8.11. The van der Waals surface area contributed by atoms with Gasteiger partial charge in [0.25, 0.3) is 5.56 Å². The van der Waals surface area contributed by atoms with Crippen LogP contribution in [0.5, 0.6) is 0 Å². The molecule has 0 bridgehead atoms. The Kier molecular flexibility index (Phi) is 9.34. The van der Waals surface area contributed by atoms with Crippen molar-refractivity contribution in [3.63, 3.8) is 0 Å². The van der Waals surface area contributed by atoms with Gasteiger partial charge in [0.2, 0.25) is 0 Å². The third kappa shape index (κ3) is 5.96. The second-order valence-electron chi connectivity index (χ2n) is 3.79. The SMILES string of the molecule is CCS.CCSCn1c(C(F)(F)F)ccc(C(=O)OC)c1=O. The molecule has 0 atom stereocenters. The van der Waals surface area contributed by atoms with Gasteiger partial charge in [0.05, 0.1) is 13.0 Å². The number of hydrogen-bond donors (Lipinski definition) is 1. The minimum atomic E-state index is -4.65. The van der Waals surface area contributed by atoms with Gasteiger partial charge in [0.1, 0.15) is 11.3 Å². The van der Waals surface area contributed by atoms with Crippen LogP contribution in [0.2, 0.25) is 0 Å². The zero-order valence-corrected chi connectivity index (χ0v) is 14.1. The van der Waals surface area contributed by atoms with Crippen molar-refractivity contribution in [1.82, 2.24) is 4.57 Å². The van der Waals surface area contributed by atoms with Gasteiger partial charge in [-0.15, -0.1) is 11.8 Å². The van der Waals surface area contributed by atoms with Gasteiger partial charge in [-0.3, -0.25) is 9.36 Å². The number of halogens is 3. The monoisotopic (exact) mass is 357 g/mol. The number of methoxy groups -OCH3 is 1. The second-order valence-corrected chi connectivity index (χ2v) is 5.67. The lowest BCUT2D eigenvalue weighted by Crippen LogP contribution is -2.31. The Bertz CT molecular complexity index is 544. The van der Waals surface area contributed by atoms with Gasteiger partial charge < -0.3 is 4.74 Å². The van der Waals surface area contributed by atoms with Crippen LogP contribution >= 0.6 is 24.4 Å². The van der Waals surface area contributed by atoms with E-state index in [9.17, 15) is 22.8 Å². The number of hydrogen-bond acceptors (Lipinski definition) is 5. The van der Waals surface area contributed by atoms with Crippen LogP contribution in [0, 0.1) is 0 Å². The molecule has 0 aliphatic carbocycles. The standard InChI is InChI=1S/C11H12F3NO3S.C2H6S/c1-3-19-6-15-8(11(12,13)14)5-4-7(9(15)16)10(17)18-2;1-2-3/h4-5H,3,6H2,1-2H3;3H,2H2,1H3. The minimum Gasteiger partial charge on any atom is -0.465 e. The van der Waals surface area contributed by atoms with E-state index in [0.29, 0.717) is 16.4 Å². The van der Waals surface area contributed by atoms with Crippen LogP contribution < -0.4 is 5.56 Å². The van der Waals surface area contributed by atoms with E-state index in [2.05, 4.69) is 17.4 Å². The van der Waals surface area contributed by atoms with Gasteiger partial charge in [0, 0.05) is 0 Å². The number of esters is 1. The smallest absolute Gasteiger partial charge is 0.431 e. The molecule has 0 radical (unpaired) electrons. The molecule has 0 N–H and O–H groups in total. The lowest BCUT2D eigenvalue weighted by molar-refractivity contribution is -0.143. The molecule has 4 nitrogen and oxygen atoms in total. The molecule has 1 aromatic heterocycles. The topological polar surface area (TPSA) is 48.3 Å². The molecular weight excluding hydrogens is 339 g/mol. The summed E-state index contributed by atoms with van der Waals surface area (Å²) in [6.07, 6.45) is -4.65. The highest BCUT2D eigenvalue weighted by Gasteiger charge is 2.35. The number of rotatable bonds is 4. The minimum absolute atomic E-state index is 0.172. The number of thioether (sulfide) groups is 1. The van der Waals surface area contributed by atoms with Crippen molar-refractivity contribution in [2.75, 3.05) is 18.6 Å². The summed E-state index contributed by atoms with van der Waals surface area (Å²) in [5.74, 6) is 0.371. The summed E-state index contributed by atoms with van der Waals surface area (Å²) in [5.41, 5.74) is -2.49. The van der Waals surface area contributed by atoms with Crippen molar-refractivity contribution < 1.29 is 22.7 Å². The molecule has 1 aromatic rings. The highest BCUT2D eigenvalue weighted by molar-refractivity contribution is 7.98. The third-order valence-electron chi connectivity index (χ3n) is 2.29. The third-order valence-corrected chi connectivity index (χ3v) is 3.14. The molecule has 9 heteroatoms. The summed E-state index contributed by atoms with van der Waals surface area (Å²) in [6.45, 7) is 3.75. The van der Waals surface area contributed by atoms with Crippen molar-refractivity contribution in [2.24, 2.45) is 0 Å². The number of pyridine rings is 1. The highest BCUT2D eigenvalue weighted by atomic mass is 32.2. The molecule has 0 aromatic carbocycles. The van der Waals surface area contributed by atoms with Gasteiger partial charge in [-0.2, -0.15) is 25.8 Å². The Balaban J connectivity index is 0.00000135. The molecule has 0 fully saturated rings. The van der Waals surface area contributed by atoms with Crippen LogP contribution in [0.4, 0.5) is 13.2 Å². The van der Waals surface area contributed by atoms with Crippen LogP contribution in [-0.4, -0.2) is 29.2 Å². The van der Waals surface area contributed by atoms with E-state index in [1.54, 1.807) is 6.92 Å². The van der Waals surface area contributed by atoms with Crippen molar-refractivity contribution in [1.29, 1.82) is 0 Å².